The van der Waals surface area contributed by atoms with E-state index in [4.69, 9.17) is 5.11 Å². The Labute approximate surface area is 195 Å². The highest BCUT2D eigenvalue weighted by Crippen LogP contribution is 2.72. The zero-order chi connectivity index (χ0) is 23.5. The number of hydrogen-bond acceptors (Lipinski definition) is 2. The first kappa shape index (κ1) is 24.0. The maximum Gasteiger partial charge on any atom is 0.327 e. The van der Waals surface area contributed by atoms with E-state index in [1.165, 1.54) is 44.6 Å². The fraction of sp³-hybridized carbons (Fsp3) is 0.828. The van der Waals surface area contributed by atoms with Crippen LogP contribution in [0.15, 0.2) is 23.3 Å². The third kappa shape index (κ3) is 3.36. The highest BCUT2D eigenvalue weighted by atomic mass is 16.4. The van der Waals surface area contributed by atoms with E-state index in [1.807, 2.05) is 6.08 Å². The summed E-state index contributed by atoms with van der Waals surface area (Å²) < 4.78 is 0. The predicted molar refractivity (Wildman–Crippen MR) is 130 cm³/mol. The van der Waals surface area contributed by atoms with E-state index in [0.717, 1.165) is 31.6 Å². The summed E-state index contributed by atoms with van der Waals surface area (Å²) in [5.41, 5.74) is 4.48. The lowest BCUT2D eigenvalue weighted by Crippen LogP contribution is -2.55. The Morgan fingerprint density at radius 1 is 1.03 bits per heavy atom. The van der Waals surface area contributed by atoms with Crippen LogP contribution in [0.1, 0.15) is 106 Å². The van der Waals surface area contributed by atoms with Gasteiger partial charge < -0.3 is 10.2 Å². The van der Waals surface area contributed by atoms with E-state index in [2.05, 4.69) is 41.5 Å². The van der Waals surface area contributed by atoms with Crippen LogP contribution >= 0.6 is 0 Å². The van der Waals surface area contributed by atoms with Crippen molar-refractivity contribution in [2.24, 2.45) is 39.4 Å². The molecule has 3 heteroatoms. The van der Waals surface area contributed by atoms with E-state index < -0.39 is 5.97 Å². The third-order valence-corrected chi connectivity index (χ3v) is 11.5. The molecule has 4 aliphatic carbocycles. The predicted octanol–water partition coefficient (Wildman–Crippen LogP) is 7.15. The Morgan fingerprint density at radius 2 is 1.75 bits per heavy atom. The molecule has 0 radical (unpaired) electrons. The summed E-state index contributed by atoms with van der Waals surface area (Å²) in [7, 11) is 0. The largest absolute Gasteiger partial charge is 0.478 e. The molecule has 0 heterocycles. The Morgan fingerprint density at radius 3 is 2.44 bits per heavy atom. The zero-order valence-electron chi connectivity index (χ0n) is 21.3. The van der Waals surface area contributed by atoms with Crippen molar-refractivity contribution in [3.05, 3.63) is 23.3 Å². The normalized spacial score (nSPS) is 44.2. The van der Waals surface area contributed by atoms with Crippen LogP contribution in [-0.4, -0.2) is 22.3 Å². The minimum absolute atomic E-state index is 0.00335. The van der Waals surface area contributed by atoms with Crippen molar-refractivity contribution in [2.45, 2.75) is 112 Å². The van der Waals surface area contributed by atoms with Gasteiger partial charge in [0.05, 0.1) is 6.10 Å². The van der Waals surface area contributed by atoms with Gasteiger partial charge in [0.15, 0.2) is 0 Å². The molecule has 4 rings (SSSR count). The summed E-state index contributed by atoms with van der Waals surface area (Å²) in [4.78, 5) is 10.8. The van der Waals surface area contributed by atoms with E-state index >= 15 is 0 Å². The number of aliphatic hydroxyl groups is 1. The first-order chi connectivity index (χ1) is 14.9. The average Bonchev–Trinajstić information content (AvgIpc) is 3.00. The SMILES string of the molecule is C[C@H](CC/C=C/C(=O)O)[C@H]1CC[C@@]2(C)C3=C(CC[C@]12C)[C@@]1(C)CC[C@H](O)C(C)(C)C1CC3. The molecule has 0 spiro atoms. The number of aliphatic hydroxyl groups excluding tert-OH is 1. The van der Waals surface area contributed by atoms with E-state index in [-0.39, 0.29) is 16.9 Å². The van der Waals surface area contributed by atoms with Crippen LogP contribution in [0.4, 0.5) is 0 Å². The lowest BCUT2D eigenvalue weighted by Gasteiger charge is -2.62. The van der Waals surface area contributed by atoms with Gasteiger partial charge in [-0.25, -0.2) is 4.79 Å². The summed E-state index contributed by atoms with van der Waals surface area (Å²) in [6.07, 6.45) is 14.6. The van der Waals surface area contributed by atoms with Crippen molar-refractivity contribution >= 4 is 5.97 Å². The number of fused-ring (bicyclic) bond motifs is 4. The highest BCUT2D eigenvalue weighted by Gasteiger charge is 2.63. The van der Waals surface area contributed by atoms with Gasteiger partial charge in [-0.05, 0) is 104 Å². The van der Waals surface area contributed by atoms with Gasteiger partial charge in [-0.2, -0.15) is 0 Å². The van der Waals surface area contributed by atoms with Gasteiger partial charge >= 0.3 is 5.97 Å². The van der Waals surface area contributed by atoms with E-state index in [0.29, 0.717) is 22.7 Å². The van der Waals surface area contributed by atoms with Crippen LogP contribution in [-0.2, 0) is 4.79 Å². The van der Waals surface area contributed by atoms with Gasteiger partial charge in [-0.3, -0.25) is 0 Å². The summed E-state index contributed by atoms with van der Waals surface area (Å²) in [6.45, 7) is 14.7. The highest BCUT2D eigenvalue weighted by molar-refractivity contribution is 5.79. The van der Waals surface area contributed by atoms with E-state index in [1.54, 1.807) is 11.1 Å². The number of rotatable bonds is 5. The molecule has 1 unspecified atom stereocenters. The standard InChI is InChI=1S/C29H46O3/c1-19(9-7-8-10-25(31)32)20-13-17-29(6)22-11-12-23-26(2,3)24(30)15-16-27(23,4)21(22)14-18-28(20,29)5/h8,10,19-20,23-24,30H,7,9,11-18H2,1-6H3,(H,31,32)/b10-8+/t19-,20-,23?,24+,27-,28-,29+/m1/s1. The molecule has 7 atom stereocenters. The molecule has 0 bridgehead atoms. The number of carboxylic acids is 1. The molecule has 3 nitrogen and oxygen atoms in total. The van der Waals surface area contributed by atoms with Crippen molar-refractivity contribution in [2.75, 3.05) is 0 Å². The number of carbonyl (C=O) groups is 1. The topological polar surface area (TPSA) is 57.5 Å². The molecule has 2 N–H and O–H groups in total. The number of hydrogen-bond donors (Lipinski definition) is 2. The number of aliphatic carboxylic acids is 1. The molecule has 0 aromatic rings. The van der Waals surface area contributed by atoms with Crippen molar-refractivity contribution in [1.82, 2.24) is 0 Å². The lowest BCUT2D eigenvalue weighted by molar-refractivity contribution is -0.131. The smallest absolute Gasteiger partial charge is 0.327 e. The Balaban J connectivity index is 1.61. The Kier molecular flexibility index (Phi) is 6.01. The second-order valence-electron chi connectivity index (χ2n) is 13.0. The fourth-order valence-corrected chi connectivity index (χ4v) is 9.37. The molecule has 2 saturated carbocycles. The molecule has 0 amide bonds. The van der Waals surface area contributed by atoms with Crippen LogP contribution in [0, 0.1) is 39.4 Å². The number of carboxylic acid groups (broad SMARTS) is 1. The van der Waals surface area contributed by atoms with Crippen LogP contribution < -0.4 is 0 Å². The zero-order valence-corrected chi connectivity index (χ0v) is 21.3. The van der Waals surface area contributed by atoms with Crippen LogP contribution in [0.5, 0.6) is 0 Å². The van der Waals surface area contributed by atoms with Gasteiger partial charge in [0.25, 0.3) is 0 Å². The van der Waals surface area contributed by atoms with Crippen molar-refractivity contribution in [1.29, 1.82) is 0 Å². The quantitative estimate of drug-likeness (QED) is 0.351. The third-order valence-electron chi connectivity index (χ3n) is 11.5. The second kappa shape index (κ2) is 8.00. The van der Waals surface area contributed by atoms with Gasteiger partial charge in [0.1, 0.15) is 0 Å². The van der Waals surface area contributed by atoms with Crippen molar-refractivity contribution in [3.63, 3.8) is 0 Å². The Bertz CT molecular complexity index is 822. The molecule has 4 aliphatic rings. The minimum Gasteiger partial charge on any atom is -0.478 e. The first-order valence-electron chi connectivity index (χ1n) is 13.2. The molecule has 0 aromatic heterocycles. The van der Waals surface area contributed by atoms with Gasteiger partial charge in [0.2, 0.25) is 0 Å². The molecule has 0 saturated heterocycles. The van der Waals surface area contributed by atoms with Crippen LogP contribution in [0.2, 0.25) is 0 Å². The molecule has 32 heavy (non-hydrogen) atoms. The summed E-state index contributed by atoms with van der Waals surface area (Å²) >= 11 is 0. The molecule has 0 aromatic carbocycles. The fourth-order valence-electron chi connectivity index (χ4n) is 9.37. The van der Waals surface area contributed by atoms with Crippen molar-refractivity contribution < 1.29 is 15.0 Å². The second-order valence-corrected chi connectivity index (χ2v) is 13.0. The van der Waals surface area contributed by atoms with Crippen LogP contribution in [0.25, 0.3) is 0 Å². The maximum absolute atomic E-state index is 10.8. The average molecular weight is 443 g/mol. The van der Waals surface area contributed by atoms with Crippen molar-refractivity contribution in [3.8, 4) is 0 Å². The summed E-state index contributed by atoms with van der Waals surface area (Å²) in [5.74, 6) is 1.09. The number of allylic oxidation sites excluding steroid dienone is 3. The summed E-state index contributed by atoms with van der Waals surface area (Å²) in [6, 6.07) is 0. The van der Waals surface area contributed by atoms with Gasteiger partial charge in [0, 0.05) is 6.08 Å². The lowest BCUT2D eigenvalue weighted by atomic mass is 9.43. The molecule has 0 aliphatic heterocycles. The van der Waals surface area contributed by atoms with Gasteiger partial charge in [-0.15, -0.1) is 0 Å². The molecule has 180 valence electrons. The molecular weight excluding hydrogens is 396 g/mol. The monoisotopic (exact) mass is 442 g/mol. The molecule has 2 fully saturated rings. The molecular formula is C29H46O3. The maximum atomic E-state index is 10.8. The summed E-state index contributed by atoms with van der Waals surface area (Å²) in [5, 5.41) is 19.7. The first-order valence-corrected chi connectivity index (χ1v) is 13.2. The van der Waals surface area contributed by atoms with Gasteiger partial charge in [-0.1, -0.05) is 58.8 Å². The van der Waals surface area contributed by atoms with E-state index in [9.17, 15) is 9.90 Å². The van der Waals surface area contributed by atoms with Crippen LogP contribution in [0.3, 0.4) is 0 Å². The minimum atomic E-state index is -0.840. The Hall–Kier alpha value is -1.09.